The van der Waals surface area contributed by atoms with Crippen LogP contribution in [-0.4, -0.2) is 51.9 Å². The SMILES string of the molecule is CNC(=O)c1ccc(OC)c(NC(=O)C2OCC3COCCC32)c1. The Morgan fingerprint density at radius 2 is 2.12 bits per heavy atom. The van der Waals surface area contributed by atoms with Gasteiger partial charge in [0, 0.05) is 31.1 Å². The quantitative estimate of drug-likeness (QED) is 0.859. The Morgan fingerprint density at radius 1 is 1.29 bits per heavy atom. The fraction of sp³-hybridized carbons (Fsp3) is 0.529. The van der Waals surface area contributed by atoms with Crippen LogP contribution in [0.1, 0.15) is 16.8 Å². The number of nitrogens with one attached hydrogen (secondary N) is 2. The van der Waals surface area contributed by atoms with E-state index in [1.54, 1.807) is 25.2 Å². The molecule has 0 spiro atoms. The summed E-state index contributed by atoms with van der Waals surface area (Å²) in [7, 11) is 3.08. The third kappa shape index (κ3) is 3.22. The topological polar surface area (TPSA) is 85.9 Å². The molecule has 0 aromatic heterocycles. The molecule has 3 atom stereocenters. The van der Waals surface area contributed by atoms with Gasteiger partial charge in [-0.2, -0.15) is 0 Å². The number of carbonyl (C=O) groups is 2. The number of ether oxygens (including phenoxy) is 3. The highest BCUT2D eigenvalue weighted by atomic mass is 16.5. The van der Waals surface area contributed by atoms with E-state index in [-0.39, 0.29) is 23.7 Å². The Balaban J connectivity index is 1.77. The van der Waals surface area contributed by atoms with Crippen molar-refractivity contribution in [2.75, 3.05) is 39.3 Å². The second kappa shape index (κ2) is 7.19. The molecule has 2 fully saturated rings. The first-order valence-electron chi connectivity index (χ1n) is 8.04. The zero-order valence-electron chi connectivity index (χ0n) is 13.8. The molecule has 7 nitrogen and oxygen atoms in total. The van der Waals surface area contributed by atoms with Gasteiger partial charge in [-0.25, -0.2) is 0 Å². The van der Waals surface area contributed by atoms with Crippen molar-refractivity contribution in [3.8, 4) is 5.75 Å². The van der Waals surface area contributed by atoms with Gasteiger partial charge >= 0.3 is 0 Å². The second-order valence-corrected chi connectivity index (χ2v) is 6.02. The number of hydrogen-bond acceptors (Lipinski definition) is 5. The molecular weight excluding hydrogens is 312 g/mol. The van der Waals surface area contributed by atoms with Crippen LogP contribution in [0.2, 0.25) is 0 Å². The molecule has 3 unspecified atom stereocenters. The van der Waals surface area contributed by atoms with Crippen molar-refractivity contribution >= 4 is 17.5 Å². The molecule has 1 aromatic carbocycles. The van der Waals surface area contributed by atoms with Gasteiger partial charge in [0.25, 0.3) is 11.8 Å². The highest BCUT2D eigenvalue weighted by molar-refractivity contribution is 5.99. The second-order valence-electron chi connectivity index (χ2n) is 6.02. The number of hydrogen-bond donors (Lipinski definition) is 2. The van der Waals surface area contributed by atoms with E-state index in [4.69, 9.17) is 14.2 Å². The average Bonchev–Trinajstić information content (AvgIpc) is 3.05. The molecule has 2 aliphatic rings. The molecule has 2 aliphatic heterocycles. The third-order valence-electron chi connectivity index (χ3n) is 4.62. The maximum atomic E-state index is 12.7. The van der Waals surface area contributed by atoms with Gasteiger partial charge in [-0.15, -0.1) is 0 Å². The zero-order valence-corrected chi connectivity index (χ0v) is 13.8. The van der Waals surface area contributed by atoms with Gasteiger partial charge in [-0.05, 0) is 24.6 Å². The monoisotopic (exact) mass is 334 g/mol. The molecule has 0 saturated carbocycles. The third-order valence-corrected chi connectivity index (χ3v) is 4.62. The first-order chi connectivity index (χ1) is 11.6. The van der Waals surface area contributed by atoms with Gasteiger partial charge in [0.2, 0.25) is 0 Å². The van der Waals surface area contributed by atoms with Crippen molar-refractivity contribution in [1.29, 1.82) is 0 Å². The summed E-state index contributed by atoms with van der Waals surface area (Å²) < 4.78 is 16.4. The summed E-state index contributed by atoms with van der Waals surface area (Å²) in [6, 6.07) is 4.91. The predicted octanol–water partition coefficient (Wildman–Crippen LogP) is 1.04. The first kappa shape index (κ1) is 16.7. The number of amides is 2. The molecule has 0 aliphatic carbocycles. The molecule has 2 heterocycles. The van der Waals surface area contributed by atoms with Gasteiger partial charge in [0.05, 0.1) is 26.0 Å². The van der Waals surface area contributed by atoms with Crippen molar-refractivity contribution in [2.45, 2.75) is 12.5 Å². The van der Waals surface area contributed by atoms with Crippen LogP contribution in [0.5, 0.6) is 5.75 Å². The lowest BCUT2D eigenvalue weighted by Gasteiger charge is -2.26. The molecule has 24 heavy (non-hydrogen) atoms. The first-order valence-corrected chi connectivity index (χ1v) is 8.04. The smallest absolute Gasteiger partial charge is 0.253 e. The van der Waals surface area contributed by atoms with E-state index >= 15 is 0 Å². The molecule has 2 amide bonds. The molecule has 0 bridgehead atoms. The number of rotatable bonds is 4. The Hall–Kier alpha value is -2.12. The number of fused-ring (bicyclic) bond motifs is 1. The van der Waals surface area contributed by atoms with E-state index in [2.05, 4.69) is 10.6 Å². The standard InChI is InChI=1S/C17H22N2O5/c1-18-16(20)10-3-4-14(22-2)13(7-10)19-17(21)15-12-5-6-23-8-11(12)9-24-15/h3-4,7,11-12,15H,5-6,8-9H2,1-2H3,(H,18,20)(H,19,21). The van der Waals surface area contributed by atoms with Crippen molar-refractivity contribution < 1.29 is 23.8 Å². The fourth-order valence-corrected chi connectivity index (χ4v) is 3.30. The van der Waals surface area contributed by atoms with E-state index in [1.807, 2.05) is 0 Å². The summed E-state index contributed by atoms with van der Waals surface area (Å²) in [6.07, 6.45) is 0.324. The van der Waals surface area contributed by atoms with Crippen LogP contribution >= 0.6 is 0 Å². The molecule has 3 rings (SSSR count). The van der Waals surface area contributed by atoms with Gasteiger partial charge in [0.15, 0.2) is 0 Å². The normalized spacial score (nSPS) is 25.7. The van der Waals surface area contributed by atoms with Gasteiger partial charge in [-0.1, -0.05) is 0 Å². The fourth-order valence-electron chi connectivity index (χ4n) is 3.30. The van der Waals surface area contributed by atoms with E-state index in [9.17, 15) is 9.59 Å². The molecule has 0 radical (unpaired) electrons. The van der Waals surface area contributed by atoms with Crippen molar-refractivity contribution in [2.24, 2.45) is 11.8 Å². The highest BCUT2D eigenvalue weighted by Crippen LogP contribution is 2.34. The van der Waals surface area contributed by atoms with Crippen LogP contribution in [0.4, 0.5) is 5.69 Å². The van der Waals surface area contributed by atoms with Gasteiger partial charge < -0.3 is 24.8 Å². The summed E-state index contributed by atoms with van der Waals surface area (Å²) in [5, 5.41) is 5.41. The largest absolute Gasteiger partial charge is 0.495 e. The number of benzene rings is 1. The molecule has 2 N–H and O–H groups in total. The molecular formula is C17H22N2O5. The van der Waals surface area contributed by atoms with Crippen molar-refractivity contribution in [3.05, 3.63) is 23.8 Å². The van der Waals surface area contributed by atoms with Crippen molar-refractivity contribution in [1.82, 2.24) is 5.32 Å². The Bertz CT molecular complexity index is 633. The number of anilines is 1. The Morgan fingerprint density at radius 3 is 2.88 bits per heavy atom. The average molecular weight is 334 g/mol. The van der Waals surface area contributed by atoms with Crippen LogP contribution in [0.15, 0.2) is 18.2 Å². The minimum atomic E-state index is -0.493. The van der Waals surface area contributed by atoms with Crippen LogP contribution in [0.3, 0.4) is 0 Å². The maximum Gasteiger partial charge on any atom is 0.253 e. The van der Waals surface area contributed by atoms with Crippen LogP contribution in [0.25, 0.3) is 0 Å². The van der Waals surface area contributed by atoms with E-state index < -0.39 is 6.10 Å². The minimum Gasteiger partial charge on any atom is -0.495 e. The summed E-state index contributed by atoms with van der Waals surface area (Å²) in [4.78, 5) is 24.4. The lowest BCUT2D eigenvalue weighted by Crippen LogP contribution is -2.37. The summed E-state index contributed by atoms with van der Waals surface area (Å²) in [6.45, 7) is 1.84. The van der Waals surface area contributed by atoms with Gasteiger partial charge in [-0.3, -0.25) is 9.59 Å². The minimum absolute atomic E-state index is 0.173. The summed E-state index contributed by atoms with van der Waals surface area (Å²) in [5.74, 6) is 0.504. The highest BCUT2D eigenvalue weighted by Gasteiger charge is 2.43. The van der Waals surface area contributed by atoms with E-state index in [1.165, 1.54) is 7.11 Å². The summed E-state index contributed by atoms with van der Waals surface area (Å²) in [5.41, 5.74) is 0.910. The molecule has 130 valence electrons. The molecule has 1 aromatic rings. The maximum absolute atomic E-state index is 12.7. The van der Waals surface area contributed by atoms with Crippen LogP contribution in [-0.2, 0) is 14.3 Å². The molecule has 2 saturated heterocycles. The zero-order chi connectivity index (χ0) is 17.1. The van der Waals surface area contributed by atoms with Gasteiger partial charge in [0.1, 0.15) is 11.9 Å². The summed E-state index contributed by atoms with van der Waals surface area (Å²) >= 11 is 0. The van der Waals surface area contributed by atoms with Crippen LogP contribution in [0, 0.1) is 11.8 Å². The van der Waals surface area contributed by atoms with Crippen LogP contribution < -0.4 is 15.4 Å². The van der Waals surface area contributed by atoms with E-state index in [0.29, 0.717) is 36.8 Å². The lowest BCUT2D eigenvalue weighted by atomic mass is 9.86. The number of methoxy groups -OCH3 is 1. The Labute approximate surface area is 140 Å². The predicted molar refractivity (Wildman–Crippen MR) is 87.2 cm³/mol. The van der Waals surface area contributed by atoms with E-state index in [0.717, 1.165) is 6.42 Å². The van der Waals surface area contributed by atoms with Crippen molar-refractivity contribution in [3.63, 3.8) is 0 Å². The molecule has 7 heteroatoms. The lowest BCUT2D eigenvalue weighted by molar-refractivity contribution is -0.126. The Kier molecular flexibility index (Phi) is 5.01. The number of carbonyl (C=O) groups excluding carboxylic acids is 2.